The summed E-state index contributed by atoms with van der Waals surface area (Å²) in [6.45, 7) is 3.84. The van der Waals surface area contributed by atoms with Crippen LogP contribution in [0.1, 0.15) is 18.4 Å². The molecule has 1 N–H and O–H groups in total. The predicted molar refractivity (Wildman–Crippen MR) is 90.2 cm³/mol. The summed E-state index contributed by atoms with van der Waals surface area (Å²) >= 11 is 0. The van der Waals surface area contributed by atoms with E-state index < -0.39 is 11.8 Å². The van der Waals surface area contributed by atoms with Gasteiger partial charge in [-0.25, -0.2) is 4.39 Å². The number of halogens is 1. The quantitative estimate of drug-likeness (QED) is 0.819. The van der Waals surface area contributed by atoms with Gasteiger partial charge in [0.15, 0.2) is 0 Å². The fraction of sp³-hybridized carbons (Fsp3) is 0.556. The van der Waals surface area contributed by atoms with E-state index in [1.54, 1.807) is 12.1 Å². The van der Waals surface area contributed by atoms with Crippen LogP contribution >= 0.6 is 0 Å². The van der Waals surface area contributed by atoms with Crippen LogP contribution in [-0.2, 0) is 20.9 Å². The first-order valence-electron chi connectivity index (χ1n) is 8.77. The normalized spacial score (nSPS) is 21.8. The lowest BCUT2D eigenvalue weighted by atomic mass is 10.0. The van der Waals surface area contributed by atoms with Crippen LogP contribution in [0.2, 0.25) is 0 Å². The third-order valence-corrected chi connectivity index (χ3v) is 4.69. The molecule has 25 heavy (non-hydrogen) atoms. The summed E-state index contributed by atoms with van der Waals surface area (Å²) < 4.78 is 19.0. The number of benzene rings is 1. The molecule has 2 fully saturated rings. The van der Waals surface area contributed by atoms with Crippen molar-refractivity contribution in [3.8, 4) is 0 Å². The molecule has 2 aliphatic rings. The topological polar surface area (TPSA) is 61.9 Å². The molecule has 2 heterocycles. The maximum absolute atomic E-state index is 13.8. The van der Waals surface area contributed by atoms with Crippen molar-refractivity contribution in [2.75, 3.05) is 39.4 Å². The molecule has 0 radical (unpaired) electrons. The first-order chi connectivity index (χ1) is 12.1. The average molecular weight is 349 g/mol. The molecule has 2 amide bonds. The molecule has 1 unspecified atom stereocenters. The van der Waals surface area contributed by atoms with Crippen molar-refractivity contribution >= 4 is 11.8 Å². The number of piperidine rings is 1. The van der Waals surface area contributed by atoms with Gasteiger partial charge in [-0.3, -0.25) is 14.5 Å². The van der Waals surface area contributed by atoms with Gasteiger partial charge in [-0.15, -0.1) is 0 Å². The Morgan fingerprint density at radius 2 is 1.96 bits per heavy atom. The summed E-state index contributed by atoms with van der Waals surface area (Å²) in [7, 11) is 0. The lowest BCUT2D eigenvalue weighted by Crippen LogP contribution is -2.53. The van der Waals surface area contributed by atoms with Gasteiger partial charge >= 0.3 is 11.8 Å². The molecule has 3 rings (SSSR count). The molecule has 0 saturated carbocycles. The van der Waals surface area contributed by atoms with Crippen molar-refractivity contribution in [3.05, 3.63) is 35.6 Å². The maximum Gasteiger partial charge on any atom is 0.312 e. The first-order valence-corrected chi connectivity index (χ1v) is 8.77. The van der Waals surface area contributed by atoms with Gasteiger partial charge in [0.1, 0.15) is 5.82 Å². The molecule has 2 aliphatic heterocycles. The Hall–Kier alpha value is -1.99. The molecule has 136 valence electrons. The Kier molecular flexibility index (Phi) is 5.99. The minimum absolute atomic E-state index is 0.0852. The van der Waals surface area contributed by atoms with E-state index in [1.807, 2.05) is 6.07 Å². The highest BCUT2D eigenvalue weighted by atomic mass is 19.1. The number of nitrogens with one attached hydrogen (secondary N) is 1. The van der Waals surface area contributed by atoms with Crippen molar-refractivity contribution in [2.24, 2.45) is 0 Å². The second-order valence-corrected chi connectivity index (χ2v) is 6.54. The second kappa shape index (κ2) is 8.40. The van der Waals surface area contributed by atoms with Gasteiger partial charge in [-0.2, -0.15) is 0 Å². The van der Waals surface area contributed by atoms with Crippen LogP contribution < -0.4 is 5.32 Å². The molecule has 1 atom stereocenters. The number of hydrogen-bond acceptors (Lipinski definition) is 4. The van der Waals surface area contributed by atoms with Crippen LogP contribution in [0.15, 0.2) is 24.3 Å². The number of nitrogens with zero attached hydrogens (tertiary/aromatic N) is 2. The van der Waals surface area contributed by atoms with E-state index in [4.69, 9.17) is 4.74 Å². The SMILES string of the molecule is O=C(NC1CCCN(Cc2ccccc2F)C1)C(=O)N1CCOCC1. The fourth-order valence-electron chi connectivity index (χ4n) is 3.34. The summed E-state index contributed by atoms with van der Waals surface area (Å²) in [6.07, 6.45) is 1.74. The number of carbonyl (C=O) groups excluding carboxylic acids is 2. The summed E-state index contributed by atoms with van der Waals surface area (Å²) in [6, 6.07) is 6.65. The minimum atomic E-state index is -0.556. The summed E-state index contributed by atoms with van der Waals surface area (Å²) in [5.41, 5.74) is 0.652. The molecule has 0 spiro atoms. The van der Waals surface area contributed by atoms with Gasteiger partial charge < -0.3 is 15.0 Å². The molecular weight excluding hydrogens is 325 g/mol. The smallest absolute Gasteiger partial charge is 0.312 e. The standard InChI is InChI=1S/C18H24FN3O3/c19-16-6-2-1-4-14(16)12-21-7-3-5-15(13-21)20-17(23)18(24)22-8-10-25-11-9-22/h1-2,4,6,15H,3,5,7-13H2,(H,20,23). The Morgan fingerprint density at radius 1 is 1.20 bits per heavy atom. The third kappa shape index (κ3) is 4.76. The second-order valence-electron chi connectivity index (χ2n) is 6.54. The van der Waals surface area contributed by atoms with Gasteiger partial charge in [-0.05, 0) is 25.5 Å². The zero-order valence-corrected chi connectivity index (χ0v) is 14.2. The lowest BCUT2D eigenvalue weighted by molar-refractivity contribution is -0.149. The molecule has 0 aliphatic carbocycles. The van der Waals surface area contributed by atoms with Gasteiger partial charge in [0.25, 0.3) is 0 Å². The Bertz CT molecular complexity index is 619. The van der Waals surface area contributed by atoms with Gasteiger partial charge in [-0.1, -0.05) is 18.2 Å². The number of amides is 2. The zero-order chi connectivity index (χ0) is 17.6. The molecule has 0 aromatic heterocycles. The van der Waals surface area contributed by atoms with Crippen molar-refractivity contribution in [1.82, 2.24) is 15.1 Å². The number of carbonyl (C=O) groups is 2. The predicted octanol–water partition coefficient (Wildman–Crippen LogP) is 0.765. The third-order valence-electron chi connectivity index (χ3n) is 4.69. The number of hydrogen-bond donors (Lipinski definition) is 1. The van der Waals surface area contributed by atoms with Gasteiger partial charge in [0.05, 0.1) is 13.2 Å². The molecule has 1 aromatic rings. The van der Waals surface area contributed by atoms with Crippen LogP contribution in [0.25, 0.3) is 0 Å². The van der Waals surface area contributed by atoms with Crippen molar-refractivity contribution in [1.29, 1.82) is 0 Å². The van der Waals surface area contributed by atoms with E-state index in [2.05, 4.69) is 10.2 Å². The van der Waals surface area contributed by atoms with E-state index >= 15 is 0 Å². The van der Waals surface area contributed by atoms with Crippen molar-refractivity contribution < 1.29 is 18.7 Å². The highest BCUT2D eigenvalue weighted by Crippen LogP contribution is 2.16. The summed E-state index contributed by atoms with van der Waals surface area (Å²) in [4.78, 5) is 28.0. The average Bonchev–Trinajstić information content (AvgIpc) is 2.64. The molecular formula is C18H24FN3O3. The summed E-state index contributed by atoms with van der Waals surface area (Å²) in [5.74, 6) is -1.26. The van der Waals surface area contributed by atoms with Gasteiger partial charge in [0.2, 0.25) is 0 Å². The van der Waals surface area contributed by atoms with E-state index in [1.165, 1.54) is 11.0 Å². The molecule has 2 saturated heterocycles. The zero-order valence-electron chi connectivity index (χ0n) is 14.2. The Balaban J connectivity index is 1.51. The number of ether oxygens (including phenoxy) is 1. The van der Waals surface area contributed by atoms with Crippen LogP contribution in [0.5, 0.6) is 0 Å². The molecule has 1 aromatic carbocycles. The molecule has 7 heteroatoms. The fourth-order valence-corrected chi connectivity index (χ4v) is 3.34. The number of likely N-dealkylation sites (tertiary alicyclic amines) is 1. The van der Waals surface area contributed by atoms with E-state index in [0.717, 1.165) is 19.4 Å². The number of morpholine rings is 1. The first kappa shape index (κ1) is 17.8. The molecule has 6 nitrogen and oxygen atoms in total. The lowest BCUT2D eigenvalue weighted by Gasteiger charge is -2.33. The maximum atomic E-state index is 13.8. The van der Waals surface area contributed by atoms with Gasteiger partial charge in [0, 0.05) is 37.8 Å². The van der Waals surface area contributed by atoms with Crippen LogP contribution in [-0.4, -0.2) is 67.0 Å². The Morgan fingerprint density at radius 3 is 2.72 bits per heavy atom. The summed E-state index contributed by atoms with van der Waals surface area (Å²) in [5, 5.41) is 2.84. The van der Waals surface area contributed by atoms with E-state index in [-0.39, 0.29) is 11.9 Å². The minimum Gasteiger partial charge on any atom is -0.378 e. The molecule has 0 bridgehead atoms. The highest BCUT2D eigenvalue weighted by Gasteiger charge is 2.28. The van der Waals surface area contributed by atoms with Crippen LogP contribution in [0.4, 0.5) is 4.39 Å². The number of rotatable bonds is 3. The van der Waals surface area contributed by atoms with Crippen molar-refractivity contribution in [2.45, 2.75) is 25.4 Å². The monoisotopic (exact) mass is 349 g/mol. The van der Waals surface area contributed by atoms with Crippen LogP contribution in [0.3, 0.4) is 0 Å². The Labute approximate surface area is 146 Å². The van der Waals surface area contributed by atoms with E-state index in [9.17, 15) is 14.0 Å². The highest BCUT2D eigenvalue weighted by molar-refractivity contribution is 6.35. The van der Waals surface area contributed by atoms with Crippen molar-refractivity contribution in [3.63, 3.8) is 0 Å². The largest absolute Gasteiger partial charge is 0.378 e. The van der Waals surface area contributed by atoms with Crippen LogP contribution in [0, 0.1) is 5.82 Å². The van der Waals surface area contributed by atoms with E-state index in [0.29, 0.717) is 45.0 Å².